The Labute approximate surface area is 301 Å². The molecule has 3 aromatic rings. The van der Waals surface area contributed by atoms with Gasteiger partial charge in [0.25, 0.3) is 0 Å². The molecule has 0 amide bonds. The molecular formula is C46H72O3. The van der Waals surface area contributed by atoms with Crippen LogP contribution in [-0.2, 0) is 14.3 Å². The molecule has 0 bridgehead atoms. The van der Waals surface area contributed by atoms with Crippen LogP contribution < -0.4 is 0 Å². The van der Waals surface area contributed by atoms with Gasteiger partial charge in [-0.05, 0) is 71.0 Å². The standard InChI is InChI=1S/C46H72O3/c1-4-6-8-10-12-13-14-15-16-17-18-19-20-21-23-25-27-33-44(32-26-24-22-11-9-7-5-2)49-46(47)45(48-3)42-35-34-41-36-39-30-28-29-31-40(39)37-43(41)38-42/h28-31,34-38,44-45H,4-27,32-33H2,1-3H3/t44?,45-/m0/s1. The van der Waals surface area contributed by atoms with E-state index in [2.05, 4.69) is 62.4 Å². The number of esters is 1. The molecule has 274 valence electrons. The second-order valence-corrected chi connectivity index (χ2v) is 14.8. The Balaban J connectivity index is 1.38. The van der Waals surface area contributed by atoms with Crippen LogP contribution in [0.4, 0.5) is 0 Å². The zero-order valence-electron chi connectivity index (χ0n) is 32.0. The summed E-state index contributed by atoms with van der Waals surface area (Å²) in [6, 6.07) is 19.1. The van der Waals surface area contributed by atoms with E-state index in [-0.39, 0.29) is 12.1 Å². The third-order valence-electron chi connectivity index (χ3n) is 10.5. The minimum Gasteiger partial charge on any atom is -0.460 e. The van der Waals surface area contributed by atoms with Gasteiger partial charge in [0.15, 0.2) is 6.10 Å². The number of rotatable bonds is 30. The minimum absolute atomic E-state index is 0.0264. The minimum atomic E-state index is -0.706. The van der Waals surface area contributed by atoms with Gasteiger partial charge in [0, 0.05) is 7.11 Å². The highest BCUT2D eigenvalue weighted by atomic mass is 16.6. The molecule has 3 rings (SSSR count). The lowest BCUT2D eigenvalue weighted by Crippen LogP contribution is -2.24. The average Bonchev–Trinajstić information content (AvgIpc) is 3.11. The lowest BCUT2D eigenvalue weighted by atomic mass is 9.99. The van der Waals surface area contributed by atoms with Gasteiger partial charge in [0.1, 0.15) is 6.10 Å². The Kier molecular flexibility index (Phi) is 22.1. The number of hydrogen-bond donors (Lipinski definition) is 0. The predicted molar refractivity (Wildman–Crippen MR) is 212 cm³/mol. The third-order valence-corrected chi connectivity index (χ3v) is 10.5. The Morgan fingerprint density at radius 1 is 0.490 bits per heavy atom. The highest BCUT2D eigenvalue weighted by Gasteiger charge is 2.25. The van der Waals surface area contributed by atoms with Crippen LogP contribution in [-0.4, -0.2) is 19.2 Å². The summed E-state index contributed by atoms with van der Waals surface area (Å²) in [7, 11) is 1.62. The van der Waals surface area contributed by atoms with E-state index in [0.29, 0.717) is 0 Å². The zero-order chi connectivity index (χ0) is 34.8. The van der Waals surface area contributed by atoms with Crippen LogP contribution in [0.3, 0.4) is 0 Å². The fraction of sp³-hybridized carbons (Fsp3) is 0.674. The highest BCUT2D eigenvalue weighted by molar-refractivity contribution is 5.98. The smallest absolute Gasteiger partial charge is 0.340 e. The van der Waals surface area contributed by atoms with E-state index in [4.69, 9.17) is 9.47 Å². The van der Waals surface area contributed by atoms with Crippen molar-refractivity contribution in [3.05, 3.63) is 60.2 Å². The molecule has 0 heterocycles. The first kappa shape index (κ1) is 41.0. The summed E-state index contributed by atoms with van der Waals surface area (Å²) in [5.41, 5.74) is 0.864. The van der Waals surface area contributed by atoms with Crippen LogP contribution in [0.1, 0.15) is 192 Å². The second-order valence-electron chi connectivity index (χ2n) is 14.8. The number of carbonyl (C=O) groups excluding carboxylic acids is 1. The van der Waals surface area contributed by atoms with Gasteiger partial charge >= 0.3 is 5.97 Å². The van der Waals surface area contributed by atoms with Crippen LogP contribution in [0.5, 0.6) is 0 Å². The fourth-order valence-electron chi connectivity index (χ4n) is 7.40. The Morgan fingerprint density at radius 2 is 0.878 bits per heavy atom. The summed E-state index contributed by atoms with van der Waals surface area (Å²) < 4.78 is 12.0. The van der Waals surface area contributed by atoms with Gasteiger partial charge in [-0.15, -0.1) is 0 Å². The molecule has 0 radical (unpaired) electrons. The fourth-order valence-corrected chi connectivity index (χ4v) is 7.40. The number of benzene rings is 3. The molecule has 2 atom stereocenters. The van der Waals surface area contributed by atoms with Gasteiger partial charge in [-0.3, -0.25) is 0 Å². The summed E-state index contributed by atoms with van der Waals surface area (Å²) in [6.07, 6.45) is 33.5. The Morgan fingerprint density at radius 3 is 1.31 bits per heavy atom. The zero-order valence-corrected chi connectivity index (χ0v) is 32.0. The van der Waals surface area contributed by atoms with Crippen molar-refractivity contribution in [1.82, 2.24) is 0 Å². The summed E-state index contributed by atoms with van der Waals surface area (Å²) in [4.78, 5) is 13.6. The van der Waals surface area contributed by atoms with Crippen LogP contribution in [0.15, 0.2) is 54.6 Å². The van der Waals surface area contributed by atoms with Crippen molar-refractivity contribution in [3.63, 3.8) is 0 Å². The molecule has 0 spiro atoms. The highest BCUT2D eigenvalue weighted by Crippen LogP contribution is 2.29. The van der Waals surface area contributed by atoms with Crippen LogP contribution in [0.25, 0.3) is 21.5 Å². The molecule has 0 aromatic heterocycles. The van der Waals surface area contributed by atoms with Gasteiger partial charge in [0.05, 0.1) is 0 Å². The number of ether oxygens (including phenoxy) is 2. The van der Waals surface area contributed by atoms with Crippen LogP contribution in [0, 0.1) is 0 Å². The Hall–Kier alpha value is -2.39. The van der Waals surface area contributed by atoms with Crippen molar-refractivity contribution < 1.29 is 14.3 Å². The molecule has 3 nitrogen and oxygen atoms in total. The number of unbranched alkanes of at least 4 members (excludes halogenated alkanes) is 22. The largest absolute Gasteiger partial charge is 0.460 e. The number of methoxy groups -OCH3 is 1. The first-order chi connectivity index (χ1) is 24.2. The first-order valence-corrected chi connectivity index (χ1v) is 20.8. The van der Waals surface area contributed by atoms with Gasteiger partial charge in [0.2, 0.25) is 0 Å². The molecule has 3 aromatic carbocycles. The molecule has 0 aliphatic heterocycles. The molecule has 0 saturated carbocycles. The van der Waals surface area contributed by atoms with Crippen molar-refractivity contribution in [2.24, 2.45) is 0 Å². The third kappa shape index (κ3) is 16.9. The van der Waals surface area contributed by atoms with E-state index in [1.165, 1.54) is 157 Å². The summed E-state index contributed by atoms with van der Waals surface area (Å²) in [6.45, 7) is 4.56. The first-order valence-electron chi connectivity index (χ1n) is 20.8. The maximum atomic E-state index is 13.6. The topological polar surface area (TPSA) is 35.5 Å². The molecular weight excluding hydrogens is 601 g/mol. The summed E-state index contributed by atoms with van der Waals surface area (Å²) >= 11 is 0. The number of hydrogen-bond acceptors (Lipinski definition) is 3. The molecule has 49 heavy (non-hydrogen) atoms. The van der Waals surface area contributed by atoms with Crippen LogP contribution in [0.2, 0.25) is 0 Å². The van der Waals surface area contributed by atoms with Gasteiger partial charge in [-0.2, -0.15) is 0 Å². The van der Waals surface area contributed by atoms with E-state index >= 15 is 0 Å². The molecule has 0 aliphatic carbocycles. The molecule has 0 aliphatic rings. The average molecular weight is 673 g/mol. The van der Waals surface area contributed by atoms with E-state index in [1.54, 1.807) is 7.11 Å². The lowest BCUT2D eigenvalue weighted by molar-refractivity contribution is -0.162. The number of carbonyl (C=O) groups is 1. The second kappa shape index (κ2) is 26.4. The maximum Gasteiger partial charge on any atom is 0.340 e. The van der Waals surface area contributed by atoms with Crippen molar-refractivity contribution in [2.75, 3.05) is 7.11 Å². The van der Waals surface area contributed by atoms with E-state index in [9.17, 15) is 4.79 Å². The SMILES string of the molecule is CCCCCCCCCCCCCCCCCCCC(CCCCCCCCC)OC(=O)[C@@H](OC)c1ccc2cc3ccccc3cc2c1. The molecule has 3 heteroatoms. The normalized spacial score (nSPS) is 12.9. The van der Waals surface area contributed by atoms with E-state index < -0.39 is 6.10 Å². The maximum absolute atomic E-state index is 13.6. The van der Waals surface area contributed by atoms with Gasteiger partial charge in [-0.25, -0.2) is 4.79 Å². The quantitative estimate of drug-likeness (QED) is 0.0402. The van der Waals surface area contributed by atoms with E-state index in [0.717, 1.165) is 36.6 Å². The van der Waals surface area contributed by atoms with Crippen molar-refractivity contribution >= 4 is 27.5 Å². The van der Waals surface area contributed by atoms with Crippen molar-refractivity contribution in [1.29, 1.82) is 0 Å². The molecule has 1 unspecified atom stereocenters. The Bertz CT molecular complexity index is 1270. The van der Waals surface area contributed by atoms with E-state index in [1.807, 2.05) is 6.07 Å². The van der Waals surface area contributed by atoms with Gasteiger partial charge in [-0.1, -0.05) is 192 Å². The van der Waals surface area contributed by atoms with Crippen molar-refractivity contribution in [3.8, 4) is 0 Å². The van der Waals surface area contributed by atoms with Crippen molar-refractivity contribution in [2.45, 2.75) is 193 Å². The monoisotopic (exact) mass is 673 g/mol. The number of fused-ring (bicyclic) bond motifs is 2. The predicted octanol–water partition coefficient (Wildman–Crippen LogP) is 14.8. The molecule has 0 N–H and O–H groups in total. The lowest BCUT2D eigenvalue weighted by Gasteiger charge is -2.22. The molecule has 0 saturated heterocycles. The summed E-state index contributed by atoms with van der Waals surface area (Å²) in [5.74, 6) is -0.248. The summed E-state index contributed by atoms with van der Waals surface area (Å²) in [5, 5.41) is 4.71. The van der Waals surface area contributed by atoms with Crippen LogP contribution >= 0.6 is 0 Å². The van der Waals surface area contributed by atoms with Gasteiger partial charge < -0.3 is 9.47 Å². The molecule has 0 fully saturated rings.